The predicted octanol–water partition coefficient (Wildman–Crippen LogP) is 3.36. The van der Waals surface area contributed by atoms with Crippen molar-refractivity contribution >= 4 is 29.0 Å². The van der Waals surface area contributed by atoms with Crippen LogP contribution < -0.4 is 11.5 Å². The van der Waals surface area contributed by atoms with E-state index in [0.717, 1.165) is 0 Å². The molecular weight excluding hydrogens is 352 g/mol. The van der Waals surface area contributed by atoms with E-state index in [1.165, 1.54) is 6.07 Å². The molecule has 0 aromatic heterocycles. The van der Waals surface area contributed by atoms with Gasteiger partial charge < -0.3 is 16.2 Å². The number of rotatable bonds is 5. The van der Waals surface area contributed by atoms with Gasteiger partial charge in [0.2, 0.25) is 0 Å². The van der Waals surface area contributed by atoms with E-state index in [-0.39, 0.29) is 23.5 Å². The first kappa shape index (κ1) is 19.9. The molecule has 6 heteroatoms. The third-order valence-electron chi connectivity index (χ3n) is 3.66. The zero-order chi connectivity index (χ0) is 19.5. The molecule has 138 valence electrons. The molecule has 4 N–H and O–H groups in total. The highest BCUT2D eigenvalue weighted by atomic mass is 35.5. The molecule has 0 spiro atoms. The lowest BCUT2D eigenvalue weighted by molar-refractivity contribution is -0.156. The maximum atomic E-state index is 12.7. The fourth-order valence-corrected chi connectivity index (χ4v) is 2.71. The number of ether oxygens (including phenoxy) is 1. The van der Waals surface area contributed by atoms with E-state index in [1.807, 2.05) is 6.07 Å². The number of ketones is 1. The first-order valence-corrected chi connectivity index (χ1v) is 8.62. The van der Waals surface area contributed by atoms with E-state index in [9.17, 15) is 9.59 Å². The van der Waals surface area contributed by atoms with Gasteiger partial charge in [0.05, 0.1) is 0 Å². The summed E-state index contributed by atoms with van der Waals surface area (Å²) in [6.07, 6.45) is 0.121. The summed E-state index contributed by atoms with van der Waals surface area (Å²) in [4.78, 5) is 24.8. The van der Waals surface area contributed by atoms with Gasteiger partial charge in [-0.25, -0.2) is 0 Å². The number of esters is 1. The van der Waals surface area contributed by atoms with E-state index in [4.69, 9.17) is 27.8 Å². The SMILES string of the molecule is CC(C)(C)OC(=O)C(N)Cc1cc(Cl)cc(C(=O)c2ccccc2)c1N. The molecule has 2 aromatic carbocycles. The molecule has 1 atom stereocenters. The number of nitrogen functional groups attached to an aromatic ring is 1. The van der Waals surface area contributed by atoms with Crippen molar-refractivity contribution in [3.8, 4) is 0 Å². The van der Waals surface area contributed by atoms with Crippen LogP contribution in [-0.2, 0) is 16.0 Å². The van der Waals surface area contributed by atoms with Gasteiger partial charge in [-0.2, -0.15) is 0 Å². The van der Waals surface area contributed by atoms with Gasteiger partial charge in [0.1, 0.15) is 11.6 Å². The average molecular weight is 375 g/mol. The van der Waals surface area contributed by atoms with Crippen LogP contribution in [0.2, 0.25) is 5.02 Å². The Morgan fingerprint density at radius 2 is 1.77 bits per heavy atom. The van der Waals surface area contributed by atoms with Crippen molar-refractivity contribution in [1.82, 2.24) is 0 Å². The number of hydrogen-bond donors (Lipinski definition) is 2. The van der Waals surface area contributed by atoms with Crippen LogP contribution in [0.15, 0.2) is 42.5 Å². The van der Waals surface area contributed by atoms with Crippen LogP contribution in [0.25, 0.3) is 0 Å². The van der Waals surface area contributed by atoms with Gasteiger partial charge in [-0.3, -0.25) is 9.59 Å². The fraction of sp³-hybridized carbons (Fsp3) is 0.300. The Kier molecular flexibility index (Phi) is 6.05. The van der Waals surface area contributed by atoms with Crippen molar-refractivity contribution in [1.29, 1.82) is 0 Å². The van der Waals surface area contributed by atoms with Gasteiger partial charge in [-0.1, -0.05) is 41.9 Å². The molecule has 0 aliphatic heterocycles. The van der Waals surface area contributed by atoms with Crippen LogP contribution in [0.3, 0.4) is 0 Å². The second kappa shape index (κ2) is 7.89. The second-order valence-corrected chi connectivity index (χ2v) is 7.50. The fourth-order valence-electron chi connectivity index (χ4n) is 2.47. The first-order valence-electron chi connectivity index (χ1n) is 8.24. The van der Waals surface area contributed by atoms with Gasteiger partial charge in [0.25, 0.3) is 0 Å². The van der Waals surface area contributed by atoms with Crippen LogP contribution in [0.5, 0.6) is 0 Å². The normalized spacial score (nSPS) is 12.5. The highest BCUT2D eigenvalue weighted by Gasteiger charge is 2.24. The van der Waals surface area contributed by atoms with Crippen LogP contribution >= 0.6 is 11.6 Å². The molecular formula is C20H23ClN2O3. The lowest BCUT2D eigenvalue weighted by Crippen LogP contribution is -2.39. The van der Waals surface area contributed by atoms with Crippen molar-refractivity contribution in [2.45, 2.75) is 38.8 Å². The smallest absolute Gasteiger partial charge is 0.323 e. The highest BCUT2D eigenvalue weighted by Crippen LogP contribution is 2.27. The van der Waals surface area contributed by atoms with Crippen molar-refractivity contribution in [2.24, 2.45) is 5.73 Å². The average Bonchev–Trinajstić information content (AvgIpc) is 2.56. The number of nitrogens with two attached hydrogens (primary N) is 2. The topological polar surface area (TPSA) is 95.4 Å². The molecule has 26 heavy (non-hydrogen) atoms. The standard InChI is InChI=1S/C20H23ClN2O3/c1-20(2,3)26-19(25)16(22)10-13-9-14(21)11-15(17(13)23)18(24)12-7-5-4-6-8-12/h4-9,11,16H,10,22-23H2,1-3H3. The van der Waals surface area contributed by atoms with Crippen molar-refractivity contribution in [3.05, 3.63) is 64.2 Å². The molecule has 0 bridgehead atoms. The second-order valence-electron chi connectivity index (χ2n) is 7.07. The number of carbonyl (C=O) groups is 2. The van der Waals surface area contributed by atoms with Crippen LogP contribution in [-0.4, -0.2) is 23.4 Å². The monoisotopic (exact) mass is 374 g/mol. The summed E-state index contributed by atoms with van der Waals surface area (Å²) >= 11 is 6.16. The summed E-state index contributed by atoms with van der Waals surface area (Å²) in [5, 5.41) is 0.352. The minimum atomic E-state index is -0.908. The van der Waals surface area contributed by atoms with E-state index in [0.29, 0.717) is 16.1 Å². The van der Waals surface area contributed by atoms with Gasteiger partial charge in [-0.15, -0.1) is 0 Å². The number of hydrogen-bond acceptors (Lipinski definition) is 5. The molecule has 0 heterocycles. The molecule has 5 nitrogen and oxygen atoms in total. The van der Waals surface area contributed by atoms with E-state index >= 15 is 0 Å². The van der Waals surface area contributed by atoms with Crippen LogP contribution in [0.4, 0.5) is 5.69 Å². The van der Waals surface area contributed by atoms with Crippen molar-refractivity contribution in [2.75, 3.05) is 5.73 Å². The highest BCUT2D eigenvalue weighted by molar-refractivity contribution is 6.31. The molecule has 0 radical (unpaired) electrons. The molecule has 0 saturated heterocycles. The number of carbonyl (C=O) groups excluding carboxylic acids is 2. The predicted molar refractivity (Wildman–Crippen MR) is 103 cm³/mol. The minimum absolute atomic E-state index is 0.121. The Morgan fingerprint density at radius 3 is 2.35 bits per heavy atom. The third kappa shape index (κ3) is 5.07. The molecule has 0 saturated carbocycles. The van der Waals surface area contributed by atoms with Crippen molar-refractivity contribution in [3.63, 3.8) is 0 Å². The summed E-state index contributed by atoms with van der Waals surface area (Å²) < 4.78 is 5.28. The van der Waals surface area contributed by atoms with E-state index < -0.39 is 17.6 Å². The van der Waals surface area contributed by atoms with Gasteiger partial charge in [-0.05, 0) is 38.5 Å². The molecule has 2 rings (SSSR count). The van der Waals surface area contributed by atoms with Crippen LogP contribution in [0, 0.1) is 0 Å². The summed E-state index contributed by atoms with van der Waals surface area (Å²) in [6, 6.07) is 11.0. The summed E-state index contributed by atoms with van der Waals surface area (Å²) in [6.45, 7) is 5.30. The molecule has 0 aliphatic carbocycles. The zero-order valence-electron chi connectivity index (χ0n) is 15.1. The van der Waals surface area contributed by atoms with Gasteiger partial charge in [0.15, 0.2) is 5.78 Å². The quantitative estimate of drug-likeness (QED) is 0.475. The third-order valence-corrected chi connectivity index (χ3v) is 3.88. The lowest BCUT2D eigenvalue weighted by atomic mass is 9.96. The minimum Gasteiger partial charge on any atom is -0.459 e. The summed E-state index contributed by atoms with van der Waals surface area (Å²) in [5.41, 5.74) is 13.1. The van der Waals surface area contributed by atoms with Gasteiger partial charge in [0, 0.05) is 28.3 Å². The Balaban J connectivity index is 2.29. The molecule has 2 aromatic rings. The van der Waals surface area contributed by atoms with Crippen LogP contribution in [0.1, 0.15) is 42.3 Å². The van der Waals surface area contributed by atoms with Gasteiger partial charge >= 0.3 is 5.97 Å². The Labute approximate surface area is 158 Å². The number of benzene rings is 2. The maximum absolute atomic E-state index is 12.7. The summed E-state index contributed by atoms with van der Waals surface area (Å²) in [5.74, 6) is -0.773. The first-order chi connectivity index (χ1) is 12.1. The van der Waals surface area contributed by atoms with E-state index in [2.05, 4.69) is 0 Å². The zero-order valence-corrected chi connectivity index (χ0v) is 15.8. The van der Waals surface area contributed by atoms with E-state index in [1.54, 1.807) is 51.1 Å². The molecule has 0 fully saturated rings. The van der Waals surface area contributed by atoms with Crippen molar-refractivity contribution < 1.29 is 14.3 Å². The largest absolute Gasteiger partial charge is 0.459 e. The Morgan fingerprint density at radius 1 is 1.15 bits per heavy atom. The number of anilines is 1. The Bertz CT molecular complexity index is 814. The summed E-state index contributed by atoms with van der Waals surface area (Å²) in [7, 11) is 0. The molecule has 0 aliphatic rings. The Hall–Kier alpha value is -2.37. The molecule has 1 unspecified atom stereocenters. The number of halogens is 1. The lowest BCUT2D eigenvalue weighted by Gasteiger charge is -2.22. The molecule has 0 amide bonds. The maximum Gasteiger partial charge on any atom is 0.323 e.